The van der Waals surface area contributed by atoms with Gasteiger partial charge < -0.3 is 14.8 Å². The lowest BCUT2D eigenvalue weighted by molar-refractivity contribution is -0.158. The number of benzene rings is 1. The molecule has 19 heavy (non-hydrogen) atoms. The maximum atomic E-state index is 12.1. The Balaban J connectivity index is 2.10. The average Bonchev–Trinajstić information content (AvgIpc) is 2.37. The van der Waals surface area contributed by atoms with Gasteiger partial charge >= 0.3 is 5.97 Å². The molecule has 1 aromatic rings. The first-order valence-electron chi connectivity index (χ1n) is 6.22. The van der Waals surface area contributed by atoms with Crippen molar-refractivity contribution in [1.82, 2.24) is 5.32 Å². The molecule has 0 unspecified atom stereocenters. The highest BCUT2D eigenvalue weighted by Crippen LogP contribution is 2.46. The van der Waals surface area contributed by atoms with Gasteiger partial charge in [0.25, 0.3) is 0 Å². The van der Waals surface area contributed by atoms with Gasteiger partial charge in [0.1, 0.15) is 11.7 Å². The summed E-state index contributed by atoms with van der Waals surface area (Å²) in [7, 11) is 1.30. The Bertz CT molecular complexity index is 556. The van der Waals surface area contributed by atoms with Crippen LogP contribution in [0.5, 0.6) is 5.75 Å². The number of fused-ring (bicyclic) bond motifs is 4. The third-order valence-corrected chi connectivity index (χ3v) is 3.79. The molecule has 2 aliphatic heterocycles. The van der Waals surface area contributed by atoms with Gasteiger partial charge in [-0.3, -0.25) is 9.59 Å². The van der Waals surface area contributed by atoms with Crippen molar-refractivity contribution >= 4 is 11.9 Å². The molecular weight excluding hydrogens is 246 g/mol. The normalized spacial score (nSPS) is 31.8. The van der Waals surface area contributed by atoms with Crippen LogP contribution in [-0.2, 0) is 14.3 Å². The van der Waals surface area contributed by atoms with Gasteiger partial charge in [-0.2, -0.15) is 0 Å². The van der Waals surface area contributed by atoms with Gasteiger partial charge in [0.15, 0.2) is 5.72 Å². The summed E-state index contributed by atoms with van der Waals surface area (Å²) in [4.78, 5) is 24.0. The molecule has 0 radical (unpaired) electrons. The van der Waals surface area contributed by atoms with E-state index in [0.29, 0.717) is 6.42 Å². The van der Waals surface area contributed by atoms with Gasteiger partial charge in [0, 0.05) is 12.3 Å². The van der Waals surface area contributed by atoms with Crippen LogP contribution in [0.15, 0.2) is 24.3 Å². The second kappa shape index (κ2) is 3.98. The number of nitrogens with one attached hydrogen (secondary N) is 1. The lowest BCUT2D eigenvalue weighted by atomic mass is 9.75. The molecule has 1 saturated heterocycles. The molecule has 3 atom stereocenters. The largest absolute Gasteiger partial charge is 0.468 e. The van der Waals surface area contributed by atoms with E-state index >= 15 is 0 Å². The number of hydrogen-bond acceptors (Lipinski definition) is 4. The van der Waals surface area contributed by atoms with Crippen molar-refractivity contribution in [1.29, 1.82) is 0 Å². The first-order valence-corrected chi connectivity index (χ1v) is 6.22. The number of methoxy groups -OCH3 is 1. The molecule has 2 aliphatic rings. The van der Waals surface area contributed by atoms with E-state index in [2.05, 4.69) is 5.32 Å². The van der Waals surface area contributed by atoms with Crippen molar-refractivity contribution in [2.75, 3.05) is 7.11 Å². The summed E-state index contributed by atoms with van der Waals surface area (Å²) in [6.45, 7) is 1.82. The Morgan fingerprint density at radius 3 is 2.95 bits per heavy atom. The van der Waals surface area contributed by atoms with Crippen LogP contribution in [0, 0.1) is 5.92 Å². The highest BCUT2D eigenvalue weighted by Gasteiger charge is 2.52. The number of piperidine rings is 1. The van der Waals surface area contributed by atoms with E-state index in [1.165, 1.54) is 7.11 Å². The van der Waals surface area contributed by atoms with E-state index in [4.69, 9.17) is 9.47 Å². The summed E-state index contributed by atoms with van der Waals surface area (Å²) in [6, 6.07) is 7.50. The van der Waals surface area contributed by atoms with E-state index in [0.717, 1.165) is 11.3 Å². The number of para-hydroxylation sites is 1. The summed E-state index contributed by atoms with van der Waals surface area (Å²) in [5, 5.41) is 2.77. The van der Waals surface area contributed by atoms with Gasteiger partial charge in [-0.1, -0.05) is 18.2 Å². The minimum atomic E-state index is -0.803. The molecule has 0 aromatic heterocycles. The number of carbonyl (C=O) groups is 2. The fraction of sp³-hybridized carbons (Fsp3) is 0.429. The number of ether oxygens (including phenoxy) is 2. The van der Waals surface area contributed by atoms with E-state index in [1.807, 2.05) is 31.2 Å². The van der Waals surface area contributed by atoms with Crippen molar-refractivity contribution in [3.05, 3.63) is 29.8 Å². The first-order chi connectivity index (χ1) is 9.04. The Morgan fingerprint density at radius 1 is 1.47 bits per heavy atom. The Morgan fingerprint density at radius 2 is 2.21 bits per heavy atom. The van der Waals surface area contributed by atoms with Gasteiger partial charge in [0.05, 0.1) is 7.11 Å². The van der Waals surface area contributed by atoms with Crippen molar-refractivity contribution in [3.63, 3.8) is 0 Å². The van der Waals surface area contributed by atoms with Gasteiger partial charge in [-0.15, -0.1) is 0 Å². The molecule has 100 valence electrons. The van der Waals surface area contributed by atoms with Crippen molar-refractivity contribution in [2.24, 2.45) is 5.92 Å². The Hall–Kier alpha value is -2.04. The smallest absolute Gasteiger partial charge is 0.318 e. The topological polar surface area (TPSA) is 64.6 Å². The number of carbonyl (C=O) groups excluding carboxylic acids is 2. The highest BCUT2D eigenvalue weighted by atomic mass is 16.5. The predicted octanol–water partition coefficient (Wildman–Crippen LogP) is 1.19. The molecule has 1 aromatic carbocycles. The summed E-state index contributed by atoms with van der Waals surface area (Å²) in [5.41, 5.74) is 0.144. The zero-order valence-electron chi connectivity index (χ0n) is 10.8. The highest BCUT2D eigenvalue weighted by molar-refractivity contribution is 6.00. The molecule has 3 rings (SSSR count). The van der Waals surface area contributed by atoms with E-state index in [-0.39, 0.29) is 11.8 Å². The molecule has 5 nitrogen and oxygen atoms in total. The molecule has 1 N–H and O–H groups in total. The monoisotopic (exact) mass is 261 g/mol. The maximum Gasteiger partial charge on any atom is 0.318 e. The van der Waals surface area contributed by atoms with Crippen LogP contribution in [-0.4, -0.2) is 24.7 Å². The van der Waals surface area contributed by atoms with Crippen molar-refractivity contribution < 1.29 is 19.1 Å². The van der Waals surface area contributed by atoms with Crippen LogP contribution >= 0.6 is 0 Å². The van der Waals surface area contributed by atoms with Gasteiger partial charge in [-0.25, -0.2) is 0 Å². The molecular formula is C14H15NO4. The first kappa shape index (κ1) is 12.0. The lowest BCUT2D eigenvalue weighted by Crippen LogP contribution is -2.62. The second-order valence-corrected chi connectivity index (χ2v) is 5.17. The predicted molar refractivity (Wildman–Crippen MR) is 66.5 cm³/mol. The molecule has 2 heterocycles. The Kier molecular flexibility index (Phi) is 2.52. The third kappa shape index (κ3) is 1.77. The van der Waals surface area contributed by atoms with Gasteiger partial charge in [0.2, 0.25) is 5.91 Å². The fourth-order valence-corrected chi connectivity index (χ4v) is 2.99. The third-order valence-electron chi connectivity index (χ3n) is 3.79. The zero-order valence-corrected chi connectivity index (χ0v) is 10.8. The van der Waals surface area contributed by atoms with Crippen LogP contribution in [0.2, 0.25) is 0 Å². The quantitative estimate of drug-likeness (QED) is 0.609. The number of rotatable bonds is 1. The summed E-state index contributed by atoms with van der Waals surface area (Å²) in [6.07, 6.45) is 0.565. The van der Waals surface area contributed by atoms with E-state index < -0.39 is 17.6 Å². The Labute approximate surface area is 110 Å². The molecule has 1 fully saturated rings. The molecule has 1 amide bonds. The molecule has 0 aliphatic carbocycles. The van der Waals surface area contributed by atoms with Crippen LogP contribution in [0.3, 0.4) is 0 Å². The fourth-order valence-electron chi connectivity index (χ4n) is 2.99. The van der Waals surface area contributed by atoms with Crippen LogP contribution < -0.4 is 10.1 Å². The van der Waals surface area contributed by atoms with E-state index in [9.17, 15) is 9.59 Å². The van der Waals surface area contributed by atoms with Crippen molar-refractivity contribution in [3.8, 4) is 5.75 Å². The maximum absolute atomic E-state index is 12.1. The SMILES string of the molecule is COC(=O)[C@@H]1C(=O)N[C@@]2(C)C[C@@H]1c1ccccc1O2. The standard InChI is InChI=1S/C14H15NO4/c1-14-7-9(8-5-3-4-6-10(8)19-14)11(12(16)15-14)13(17)18-2/h3-6,9,11H,7H2,1-2H3,(H,15,16)/t9-,11+,14-/m1/s1. The average molecular weight is 261 g/mol. The summed E-state index contributed by atoms with van der Waals surface area (Å²) in [5.74, 6) is -1.12. The van der Waals surface area contributed by atoms with Gasteiger partial charge in [-0.05, 0) is 18.6 Å². The summed E-state index contributed by atoms with van der Waals surface area (Å²) < 4.78 is 10.6. The summed E-state index contributed by atoms with van der Waals surface area (Å²) >= 11 is 0. The number of hydrogen-bond donors (Lipinski definition) is 1. The zero-order chi connectivity index (χ0) is 13.6. The lowest BCUT2D eigenvalue weighted by Gasteiger charge is -2.46. The van der Waals surface area contributed by atoms with Crippen LogP contribution in [0.4, 0.5) is 0 Å². The molecule has 5 heteroatoms. The molecule has 0 saturated carbocycles. The van der Waals surface area contributed by atoms with Crippen LogP contribution in [0.25, 0.3) is 0 Å². The molecule has 0 spiro atoms. The van der Waals surface area contributed by atoms with E-state index in [1.54, 1.807) is 0 Å². The van der Waals surface area contributed by atoms with Crippen LogP contribution in [0.1, 0.15) is 24.8 Å². The molecule has 2 bridgehead atoms. The minimum Gasteiger partial charge on any atom is -0.468 e. The van der Waals surface area contributed by atoms with Crippen molar-refractivity contribution in [2.45, 2.75) is 25.0 Å². The second-order valence-electron chi connectivity index (χ2n) is 5.17. The number of amides is 1. The number of esters is 1. The minimum absolute atomic E-state index is 0.198.